The average molecular weight is 963 g/mol. The molecule has 5 rings (SSSR count). The molecule has 4 aromatic rings. The predicted molar refractivity (Wildman–Crippen MR) is 174 cm³/mol. The molecule has 28 heteroatoms. The van der Waals surface area contributed by atoms with Crippen LogP contribution in [0.15, 0.2) is 84.2 Å². The molecule has 4 nitrogen and oxygen atoms in total. The van der Waals surface area contributed by atoms with Crippen LogP contribution in [0.5, 0.6) is 0 Å². The summed E-state index contributed by atoms with van der Waals surface area (Å²) in [6.45, 7) is 1.38. The second kappa shape index (κ2) is 15.4. The van der Waals surface area contributed by atoms with Gasteiger partial charge in [-0.3, -0.25) is 0 Å². The Morgan fingerprint density at radius 2 is 0.422 bits per heavy atom. The van der Waals surface area contributed by atoms with Gasteiger partial charge in [-0.25, -0.2) is 10.0 Å². The predicted octanol–water partition coefficient (Wildman–Crippen LogP) is 15.2. The van der Waals surface area contributed by atoms with E-state index < -0.39 is 187 Å². The highest BCUT2D eigenvalue weighted by Crippen LogP contribution is 2.51. The van der Waals surface area contributed by atoms with Crippen molar-refractivity contribution in [1.82, 2.24) is 0 Å². The number of hydrazine groups is 3. The van der Waals surface area contributed by atoms with E-state index in [4.69, 9.17) is 0 Å². The van der Waals surface area contributed by atoms with Gasteiger partial charge < -0.3 is 0 Å². The fraction of sp³-hybridized carbons (Fsp3) is 0.278. The summed E-state index contributed by atoms with van der Waals surface area (Å²) in [5.74, 6) is -1.48. The third-order valence-electron chi connectivity index (χ3n) is 8.65. The van der Waals surface area contributed by atoms with Gasteiger partial charge in [0.05, 0.1) is 67.3 Å². The molecule has 0 atom stereocenters. The molecule has 1 aliphatic heterocycles. The zero-order chi connectivity index (χ0) is 48.9. The van der Waals surface area contributed by atoms with Crippen molar-refractivity contribution < 1.29 is 105 Å². The van der Waals surface area contributed by atoms with Crippen LogP contribution in [-0.4, -0.2) is 0 Å². The summed E-state index contributed by atoms with van der Waals surface area (Å²) in [5.41, 5.74) is -27.2. The number of halogens is 24. The van der Waals surface area contributed by atoms with Crippen LogP contribution >= 0.6 is 0 Å². The largest absolute Gasteiger partial charge is 0.416 e. The summed E-state index contributed by atoms with van der Waals surface area (Å²) in [5, 5.41) is -1.63. The normalized spacial score (nSPS) is 15.2. The van der Waals surface area contributed by atoms with Gasteiger partial charge in [0.2, 0.25) is 0 Å². The lowest BCUT2D eigenvalue weighted by atomic mass is 10.1. The van der Waals surface area contributed by atoms with Gasteiger partial charge in [0.25, 0.3) is 0 Å². The van der Waals surface area contributed by atoms with Gasteiger partial charge in [-0.1, -0.05) is 0 Å². The molecule has 0 unspecified atom stereocenters. The van der Waals surface area contributed by atoms with E-state index in [2.05, 4.69) is 0 Å². The van der Waals surface area contributed by atoms with Crippen molar-refractivity contribution in [2.75, 3.05) is 20.3 Å². The lowest BCUT2D eigenvalue weighted by molar-refractivity contribution is -0.144. The first-order chi connectivity index (χ1) is 28.6. The van der Waals surface area contributed by atoms with E-state index in [0.717, 1.165) is 0 Å². The van der Waals surface area contributed by atoms with Crippen molar-refractivity contribution in [2.45, 2.75) is 63.3 Å². The van der Waals surface area contributed by atoms with E-state index >= 15 is 0 Å². The van der Waals surface area contributed by atoms with Gasteiger partial charge >= 0.3 is 49.4 Å². The highest BCUT2D eigenvalue weighted by atomic mass is 19.4. The highest BCUT2D eigenvalue weighted by Gasteiger charge is 2.50. The molecule has 64 heavy (non-hydrogen) atoms. The third kappa shape index (κ3) is 10.1. The summed E-state index contributed by atoms with van der Waals surface area (Å²) < 4.78 is 343. The number of allylic oxidation sites excluding steroid dienone is 1. The number of anilines is 4. The van der Waals surface area contributed by atoms with Crippen molar-refractivity contribution in [1.29, 1.82) is 0 Å². The maximum atomic E-state index is 14.3. The monoisotopic (exact) mass is 962 g/mol. The van der Waals surface area contributed by atoms with Gasteiger partial charge in [0.1, 0.15) is 0 Å². The quantitative estimate of drug-likeness (QED) is 0.189. The van der Waals surface area contributed by atoms with E-state index in [-0.39, 0.29) is 34.3 Å². The number of nitrogens with zero attached hydrogens (tertiary/aromatic N) is 4. The number of alkyl halides is 24. The van der Waals surface area contributed by atoms with E-state index in [1.54, 1.807) is 0 Å². The Balaban J connectivity index is 2.16. The molecule has 0 bridgehead atoms. The number of benzene rings is 4. The van der Waals surface area contributed by atoms with Gasteiger partial charge in [-0.2, -0.15) is 116 Å². The lowest BCUT2D eigenvalue weighted by Gasteiger charge is -2.38. The second-order valence-electron chi connectivity index (χ2n) is 13.6. The second-order valence-corrected chi connectivity index (χ2v) is 13.6. The molecule has 1 aliphatic rings. The zero-order valence-corrected chi connectivity index (χ0v) is 30.8. The summed E-state index contributed by atoms with van der Waals surface area (Å²) >= 11 is 0. The van der Waals surface area contributed by atoms with Crippen LogP contribution < -0.4 is 20.3 Å². The molecule has 0 radical (unpaired) electrons. The molecule has 1 heterocycles. The highest BCUT2D eigenvalue weighted by molar-refractivity contribution is 5.81. The van der Waals surface area contributed by atoms with Crippen molar-refractivity contribution in [3.05, 3.63) is 129 Å². The van der Waals surface area contributed by atoms with Crippen molar-refractivity contribution in [3.63, 3.8) is 0 Å². The number of rotatable bonds is 4. The summed E-state index contributed by atoms with van der Waals surface area (Å²) in [6.07, 6.45) is -47.3. The molecule has 1 fully saturated rings. The third-order valence-corrected chi connectivity index (χ3v) is 8.65. The van der Waals surface area contributed by atoms with E-state index in [1.165, 1.54) is 0 Å². The van der Waals surface area contributed by atoms with E-state index in [9.17, 15) is 105 Å². The number of hydrogen-bond donors (Lipinski definition) is 0. The molecular formula is C36H18F24N4. The van der Waals surface area contributed by atoms with Crippen LogP contribution in [-0.2, 0) is 49.4 Å². The summed E-state index contributed by atoms with van der Waals surface area (Å²) in [7, 11) is 0. The van der Waals surface area contributed by atoms with Gasteiger partial charge in [-0.15, -0.1) is 0 Å². The average Bonchev–Trinajstić information content (AvgIpc) is 3.48. The van der Waals surface area contributed by atoms with Crippen LogP contribution in [0.3, 0.4) is 0 Å². The van der Waals surface area contributed by atoms with Crippen LogP contribution in [0.4, 0.5) is 128 Å². The fourth-order valence-corrected chi connectivity index (χ4v) is 6.00. The first-order valence-electron chi connectivity index (χ1n) is 16.7. The first kappa shape index (κ1) is 49.2. The number of hydrogen-bond acceptors (Lipinski definition) is 4. The first-order valence-corrected chi connectivity index (χ1v) is 16.7. The molecule has 350 valence electrons. The zero-order valence-electron chi connectivity index (χ0n) is 30.8. The minimum atomic E-state index is -5.94. The van der Waals surface area contributed by atoms with Crippen LogP contribution in [0.2, 0.25) is 0 Å². The van der Waals surface area contributed by atoms with E-state index in [1.807, 2.05) is 0 Å². The summed E-state index contributed by atoms with van der Waals surface area (Å²) in [6, 6.07) is -5.44. The van der Waals surface area contributed by atoms with Gasteiger partial charge in [0.15, 0.2) is 5.82 Å². The van der Waals surface area contributed by atoms with Crippen LogP contribution in [0, 0.1) is 0 Å². The Morgan fingerprint density at radius 3 is 0.562 bits per heavy atom. The fourth-order valence-electron chi connectivity index (χ4n) is 6.00. The Morgan fingerprint density at radius 1 is 0.266 bits per heavy atom. The summed E-state index contributed by atoms with van der Waals surface area (Å²) in [4.78, 5) is 0. The SMILES string of the molecule is CC(C)=C1N(c2cc(C(F)(F)F)cc(C(F)(F)F)c2)N(c2cc(C(F)(F)F)cc(C(F)(F)F)c2)N(c2cc(C(F)(F)F)cc(C(F)(F)F)c2)N1c1cc(C(F)(F)F)cc(C(F)(F)F)c1. The molecule has 0 N–H and O–H groups in total. The standard InChI is InChI=1S/C36H18F24N4/c1-15(2)28-61(24-7-16(29(37,38)39)3-17(8-24)30(40,41)42)63(26-11-20(33(49,50)51)5-21(12-26)34(52,53)54)64(27-13-22(35(55,56)57)6-23(14-27)36(58,59)60)62(28)25-9-18(31(43,44)45)4-19(10-25)32(46,47)48/h3-14H,1-2H3. The molecular weight excluding hydrogens is 944 g/mol. The molecule has 0 spiro atoms. The maximum absolute atomic E-state index is 14.3. The smallest absolute Gasteiger partial charge is 0.215 e. The molecule has 0 amide bonds. The molecule has 0 aliphatic carbocycles. The van der Waals surface area contributed by atoms with Crippen LogP contribution in [0.25, 0.3) is 0 Å². The van der Waals surface area contributed by atoms with Crippen molar-refractivity contribution in [2.24, 2.45) is 0 Å². The van der Waals surface area contributed by atoms with E-state index in [0.29, 0.717) is 13.8 Å². The van der Waals surface area contributed by atoms with Crippen LogP contribution in [0.1, 0.15) is 58.4 Å². The van der Waals surface area contributed by atoms with Crippen molar-refractivity contribution in [3.8, 4) is 0 Å². The molecule has 0 aromatic heterocycles. The topological polar surface area (TPSA) is 13.0 Å². The van der Waals surface area contributed by atoms with Gasteiger partial charge in [-0.05, 0) is 92.2 Å². The Bertz CT molecular complexity index is 2150. The molecule has 4 aromatic carbocycles. The van der Waals surface area contributed by atoms with Crippen molar-refractivity contribution >= 4 is 22.7 Å². The Labute approximate surface area is 340 Å². The Kier molecular flexibility index (Phi) is 11.8. The Hall–Kier alpha value is -5.86. The molecule has 1 saturated heterocycles. The molecule has 0 saturated carbocycles. The minimum absolute atomic E-state index is 0.309. The minimum Gasteiger partial charge on any atom is -0.215 e. The van der Waals surface area contributed by atoms with Gasteiger partial charge in [0, 0.05) is 0 Å². The maximum Gasteiger partial charge on any atom is 0.416 e. The lowest BCUT2D eigenvalue weighted by Crippen LogP contribution is -2.49.